The molecule has 27 heavy (non-hydrogen) atoms. The molecular formula is C20H25ClN4OS. The maximum atomic E-state index is 12.3. The van der Waals surface area contributed by atoms with Gasteiger partial charge in [0.2, 0.25) is 5.91 Å². The van der Waals surface area contributed by atoms with Crippen molar-refractivity contribution in [2.24, 2.45) is 11.8 Å². The topological polar surface area (TPSA) is 58.1 Å². The van der Waals surface area contributed by atoms with E-state index < -0.39 is 0 Å². The second kappa shape index (κ2) is 8.93. The SMILES string of the molecule is Cc1ccc(NC(=O)CSc2cc(N3C[C@@H](C)C[C@H](C)C3)ncn2)c(Cl)c1. The number of halogens is 1. The van der Waals surface area contributed by atoms with Crippen LogP contribution in [0.2, 0.25) is 5.02 Å². The Balaban J connectivity index is 1.58. The number of aryl methyl sites for hydroxylation is 1. The van der Waals surface area contributed by atoms with Gasteiger partial charge in [0.05, 0.1) is 16.5 Å². The van der Waals surface area contributed by atoms with Gasteiger partial charge in [-0.15, -0.1) is 0 Å². The fourth-order valence-electron chi connectivity index (χ4n) is 3.48. The van der Waals surface area contributed by atoms with E-state index in [9.17, 15) is 4.79 Å². The van der Waals surface area contributed by atoms with Crippen LogP contribution in [0.3, 0.4) is 0 Å². The molecule has 3 rings (SSSR count). The number of benzene rings is 1. The number of thioether (sulfide) groups is 1. The Bertz CT molecular complexity index is 806. The van der Waals surface area contributed by atoms with E-state index in [1.54, 1.807) is 6.33 Å². The standard InChI is InChI=1S/C20H25ClN4OS/c1-13-4-5-17(16(21)7-13)24-19(26)11-27-20-8-18(22-12-23-20)25-9-14(2)6-15(3)10-25/h4-5,7-8,12,14-15H,6,9-11H2,1-3H3,(H,24,26)/t14-,15-/m0/s1. The first-order chi connectivity index (χ1) is 12.9. The molecule has 1 aliphatic rings. The van der Waals surface area contributed by atoms with Gasteiger partial charge in [0.1, 0.15) is 17.2 Å². The molecule has 0 bridgehead atoms. The van der Waals surface area contributed by atoms with E-state index >= 15 is 0 Å². The maximum Gasteiger partial charge on any atom is 0.234 e. The Morgan fingerprint density at radius 3 is 2.70 bits per heavy atom. The normalized spacial score (nSPS) is 19.8. The molecule has 7 heteroatoms. The molecule has 0 saturated carbocycles. The van der Waals surface area contributed by atoms with E-state index in [1.165, 1.54) is 18.2 Å². The van der Waals surface area contributed by atoms with Crippen LogP contribution >= 0.6 is 23.4 Å². The summed E-state index contributed by atoms with van der Waals surface area (Å²) in [7, 11) is 0. The van der Waals surface area contributed by atoms with Crippen LogP contribution in [0.25, 0.3) is 0 Å². The maximum absolute atomic E-state index is 12.3. The summed E-state index contributed by atoms with van der Waals surface area (Å²) in [5.41, 5.74) is 1.69. The lowest BCUT2D eigenvalue weighted by Crippen LogP contribution is -2.39. The molecule has 0 radical (unpaired) electrons. The fourth-order valence-corrected chi connectivity index (χ4v) is 4.42. The summed E-state index contributed by atoms with van der Waals surface area (Å²) in [5, 5.41) is 4.20. The number of amides is 1. The molecule has 2 heterocycles. The molecule has 0 spiro atoms. The average Bonchev–Trinajstić information content (AvgIpc) is 2.62. The van der Waals surface area contributed by atoms with Gasteiger partial charge in [0.15, 0.2) is 0 Å². The van der Waals surface area contributed by atoms with E-state index in [2.05, 4.69) is 34.0 Å². The third kappa shape index (κ3) is 5.59. The molecule has 2 aromatic rings. The summed E-state index contributed by atoms with van der Waals surface area (Å²) in [4.78, 5) is 23.3. The van der Waals surface area contributed by atoms with Gasteiger partial charge in [0, 0.05) is 19.2 Å². The molecule has 1 saturated heterocycles. The lowest BCUT2D eigenvalue weighted by molar-refractivity contribution is -0.113. The van der Waals surface area contributed by atoms with Gasteiger partial charge < -0.3 is 10.2 Å². The molecule has 1 aromatic carbocycles. The molecule has 1 N–H and O–H groups in total. The van der Waals surface area contributed by atoms with Crippen LogP contribution in [0.4, 0.5) is 11.5 Å². The van der Waals surface area contributed by atoms with E-state index in [4.69, 9.17) is 11.6 Å². The third-order valence-corrected chi connectivity index (χ3v) is 5.81. The zero-order valence-electron chi connectivity index (χ0n) is 15.9. The molecule has 1 amide bonds. The highest BCUT2D eigenvalue weighted by molar-refractivity contribution is 7.99. The monoisotopic (exact) mass is 404 g/mol. The highest BCUT2D eigenvalue weighted by Gasteiger charge is 2.23. The smallest absolute Gasteiger partial charge is 0.234 e. The molecule has 2 atom stereocenters. The highest BCUT2D eigenvalue weighted by atomic mass is 35.5. The van der Waals surface area contributed by atoms with Gasteiger partial charge in [-0.05, 0) is 42.9 Å². The van der Waals surface area contributed by atoms with Crippen LogP contribution in [0.1, 0.15) is 25.8 Å². The number of nitrogens with one attached hydrogen (secondary N) is 1. The molecule has 1 aliphatic heterocycles. The van der Waals surface area contributed by atoms with Crippen molar-refractivity contribution in [3.05, 3.63) is 41.2 Å². The first-order valence-corrected chi connectivity index (χ1v) is 10.5. The van der Waals surface area contributed by atoms with Crippen molar-refractivity contribution in [1.29, 1.82) is 0 Å². The molecule has 0 unspecified atom stereocenters. The van der Waals surface area contributed by atoms with Crippen molar-refractivity contribution >= 4 is 40.8 Å². The molecule has 5 nitrogen and oxygen atoms in total. The lowest BCUT2D eigenvalue weighted by atomic mass is 9.92. The van der Waals surface area contributed by atoms with Crippen LogP contribution < -0.4 is 10.2 Å². The zero-order chi connectivity index (χ0) is 19.4. The van der Waals surface area contributed by atoms with Crippen LogP contribution in [0.15, 0.2) is 35.6 Å². The van der Waals surface area contributed by atoms with E-state index in [0.29, 0.717) is 22.5 Å². The number of hydrogen-bond acceptors (Lipinski definition) is 5. The van der Waals surface area contributed by atoms with E-state index in [1.807, 2.05) is 31.2 Å². The van der Waals surface area contributed by atoms with Gasteiger partial charge in [-0.25, -0.2) is 9.97 Å². The van der Waals surface area contributed by atoms with Crippen molar-refractivity contribution < 1.29 is 4.79 Å². The molecule has 1 fully saturated rings. The Labute approximate surface area is 169 Å². The van der Waals surface area contributed by atoms with Crippen molar-refractivity contribution in [3.63, 3.8) is 0 Å². The highest BCUT2D eigenvalue weighted by Crippen LogP contribution is 2.27. The molecule has 0 aliphatic carbocycles. The minimum Gasteiger partial charge on any atom is -0.356 e. The lowest BCUT2D eigenvalue weighted by Gasteiger charge is -2.35. The number of piperidine rings is 1. The summed E-state index contributed by atoms with van der Waals surface area (Å²) >= 11 is 7.58. The molecule has 1 aromatic heterocycles. The predicted octanol–water partition coefficient (Wildman–Crippen LogP) is 4.65. The Morgan fingerprint density at radius 1 is 1.26 bits per heavy atom. The molecule has 144 valence electrons. The summed E-state index contributed by atoms with van der Waals surface area (Å²) in [6, 6.07) is 7.55. The minimum atomic E-state index is -0.105. The minimum absolute atomic E-state index is 0.105. The van der Waals surface area contributed by atoms with Crippen LogP contribution in [-0.4, -0.2) is 34.7 Å². The van der Waals surface area contributed by atoms with Crippen molar-refractivity contribution in [2.45, 2.75) is 32.2 Å². The number of nitrogens with zero attached hydrogens (tertiary/aromatic N) is 3. The first-order valence-electron chi connectivity index (χ1n) is 9.16. The van der Waals surface area contributed by atoms with Crippen molar-refractivity contribution in [3.8, 4) is 0 Å². The van der Waals surface area contributed by atoms with Crippen molar-refractivity contribution in [2.75, 3.05) is 29.1 Å². The number of carbonyl (C=O) groups excluding carboxylic acids is 1. The largest absolute Gasteiger partial charge is 0.356 e. The Hall–Kier alpha value is -1.79. The number of anilines is 2. The van der Waals surface area contributed by atoms with E-state index in [0.717, 1.165) is 29.5 Å². The summed E-state index contributed by atoms with van der Waals surface area (Å²) in [6.45, 7) is 8.54. The van der Waals surface area contributed by atoms with Gasteiger partial charge in [-0.2, -0.15) is 0 Å². The summed E-state index contributed by atoms with van der Waals surface area (Å²) in [5.74, 6) is 2.42. The Kier molecular flexibility index (Phi) is 6.60. The van der Waals surface area contributed by atoms with Gasteiger partial charge >= 0.3 is 0 Å². The fraction of sp³-hybridized carbons (Fsp3) is 0.450. The van der Waals surface area contributed by atoms with Crippen LogP contribution in [0, 0.1) is 18.8 Å². The number of carbonyl (C=O) groups is 1. The van der Waals surface area contributed by atoms with E-state index in [-0.39, 0.29) is 11.7 Å². The average molecular weight is 405 g/mol. The van der Waals surface area contributed by atoms with Gasteiger partial charge in [-0.3, -0.25) is 4.79 Å². The predicted molar refractivity (Wildman–Crippen MR) is 113 cm³/mol. The van der Waals surface area contributed by atoms with Crippen LogP contribution in [0.5, 0.6) is 0 Å². The number of rotatable bonds is 5. The summed E-state index contributed by atoms with van der Waals surface area (Å²) < 4.78 is 0. The number of aromatic nitrogens is 2. The third-order valence-electron chi connectivity index (χ3n) is 4.57. The second-order valence-electron chi connectivity index (χ2n) is 7.39. The van der Waals surface area contributed by atoms with Gasteiger partial charge in [-0.1, -0.05) is 43.3 Å². The molecular weight excluding hydrogens is 380 g/mol. The summed E-state index contributed by atoms with van der Waals surface area (Å²) in [6.07, 6.45) is 2.83. The number of hydrogen-bond donors (Lipinski definition) is 1. The van der Waals surface area contributed by atoms with Crippen LogP contribution in [-0.2, 0) is 4.79 Å². The first kappa shape index (κ1) is 20.0. The quantitative estimate of drug-likeness (QED) is 0.580. The Morgan fingerprint density at radius 2 is 2.00 bits per heavy atom. The van der Waals surface area contributed by atoms with Gasteiger partial charge in [0.25, 0.3) is 0 Å². The zero-order valence-corrected chi connectivity index (χ0v) is 17.5. The van der Waals surface area contributed by atoms with Crippen molar-refractivity contribution in [1.82, 2.24) is 9.97 Å². The second-order valence-corrected chi connectivity index (χ2v) is 8.79.